The van der Waals surface area contributed by atoms with Crippen LogP contribution in [0.5, 0.6) is 0 Å². The zero-order chi connectivity index (χ0) is 20.0. The molecule has 29 heavy (non-hydrogen) atoms. The molecule has 1 aliphatic carbocycles. The van der Waals surface area contributed by atoms with E-state index in [9.17, 15) is 14.3 Å². The van der Waals surface area contributed by atoms with E-state index in [1.165, 1.54) is 6.07 Å². The quantitative estimate of drug-likeness (QED) is 0.509. The van der Waals surface area contributed by atoms with Gasteiger partial charge in [-0.3, -0.25) is 4.98 Å². The van der Waals surface area contributed by atoms with Gasteiger partial charge >= 0.3 is 5.97 Å². The number of nitrogens with zero attached hydrogens (tertiary/aromatic N) is 2. The molecule has 6 heteroatoms. The third kappa shape index (κ3) is 3.27. The lowest BCUT2D eigenvalue weighted by molar-refractivity contribution is 0.0690. The molecule has 5 rings (SSSR count). The summed E-state index contributed by atoms with van der Waals surface area (Å²) >= 11 is 0. The van der Waals surface area contributed by atoms with E-state index in [1.54, 1.807) is 30.6 Å². The smallest absolute Gasteiger partial charge is 0.354 e. The van der Waals surface area contributed by atoms with Crippen molar-refractivity contribution < 1.29 is 14.3 Å². The number of fused-ring (bicyclic) bond motifs is 1. The molecule has 0 saturated heterocycles. The highest BCUT2D eigenvalue weighted by molar-refractivity contribution is 5.92. The number of nitrogens with one attached hydrogen (secondary N) is 1. The summed E-state index contributed by atoms with van der Waals surface area (Å²) in [7, 11) is 0. The zero-order valence-electron chi connectivity index (χ0n) is 15.5. The van der Waals surface area contributed by atoms with Crippen LogP contribution in [0.25, 0.3) is 22.2 Å². The molecule has 0 aliphatic heterocycles. The van der Waals surface area contributed by atoms with Crippen LogP contribution in [-0.2, 0) is 6.42 Å². The number of hydrogen-bond donors (Lipinski definition) is 2. The molecule has 1 aromatic carbocycles. The summed E-state index contributed by atoms with van der Waals surface area (Å²) in [5.74, 6) is -0.953. The van der Waals surface area contributed by atoms with Gasteiger partial charge in [0.05, 0.1) is 5.69 Å². The van der Waals surface area contributed by atoms with Crippen molar-refractivity contribution in [2.45, 2.75) is 25.2 Å². The Bertz CT molecular complexity index is 1230. The molecule has 0 radical (unpaired) electrons. The lowest BCUT2D eigenvalue weighted by Crippen LogP contribution is -2.03. The van der Waals surface area contributed by atoms with Crippen LogP contribution in [0, 0.1) is 5.82 Å². The van der Waals surface area contributed by atoms with Crippen LogP contribution in [0.3, 0.4) is 0 Å². The largest absolute Gasteiger partial charge is 0.477 e. The molecular formula is C23H18FN3O2. The highest BCUT2D eigenvalue weighted by Crippen LogP contribution is 2.43. The Morgan fingerprint density at radius 2 is 2.07 bits per heavy atom. The van der Waals surface area contributed by atoms with Crippen molar-refractivity contribution in [1.82, 2.24) is 15.0 Å². The minimum absolute atomic E-state index is 0.00697. The number of hydrogen-bond acceptors (Lipinski definition) is 3. The van der Waals surface area contributed by atoms with Gasteiger partial charge in [0.15, 0.2) is 0 Å². The monoisotopic (exact) mass is 387 g/mol. The van der Waals surface area contributed by atoms with Crippen LogP contribution in [0.2, 0.25) is 0 Å². The van der Waals surface area contributed by atoms with Crippen LogP contribution in [0.4, 0.5) is 4.39 Å². The molecule has 3 aromatic heterocycles. The standard InChI is InChI=1S/C23H18FN3O2/c24-19-10-17-18(9-15-4-1-5-20(26-15)23(28)29)22(14-3-2-8-25-12-14)27-21(17)11-16(19)13-6-7-13/h1-5,8,10-13,27H,6-7,9H2,(H,28,29). The van der Waals surface area contributed by atoms with E-state index in [0.29, 0.717) is 18.0 Å². The first-order chi connectivity index (χ1) is 14.1. The van der Waals surface area contributed by atoms with Gasteiger partial charge in [0, 0.05) is 41.0 Å². The SMILES string of the molecule is O=C(O)c1cccc(Cc2c(-c3cccnc3)[nH]c3cc(C4CC4)c(F)cc23)n1. The van der Waals surface area contributed by atoms with Crippen LogP contribution >= 0.6 is 0 Å². The topological polar surface area (TPSA) is 78.9 Å². The molecule has 0 spiro atoms. The Morgan fingerprint density at radius 1 is 1.21 bits per heavy atom. The zero-order valence-corrected chi connectivity index (χ0v) is 15.5. The molecule has 0 amide bonds. The van der Waals surface area contributed by atoms with Crippen molar-refractivity contribution in [3.63, 3.8) is 0 Å². The molecule has 4 aromatic rings. The van der Waals surface area contributed by atoms with Gasteiger partial charge < -0.3 is 10.1 Å². The maximum atomic E-state index is 14.8. The Kier molecular flexibility index (Phi) is 4.12. The fraction of sp³-hybridized carbons (Fsp3) is 0.174. The van der Waals surface area contributed by atoms with Crippen molar-refractivity contribution in [1.29, 1.82) is 0 Å². The Hall–Kier alpha value is -3.54. The maximum Gasteiger partial charge on any atom is 0.354 e. The minimum atomic E-state index is -1.07. The van der Waals surface area contributed by atoms with E-state index in [4.69, 9.17) is 0 Å². The van der Waals surface area contributed by atoms with Gasteiger partial charge in [0.1, 0.15) is 11.5 Å². The Labute approximate surface area is 166 Å². The Balaban J connectivity index is 1.68. The number of H-pyrrole nitrogens is 1. The maximum absolute atomic E-state index is 14.8. The number of benzene rings is 1. The van der Waals surface area contributed by atoms with Gasteiger partial charge in [-0.2, -0.15) is 0 Å². The number of carboxylic acid groups (broad SMARTS) is 1. The lowest BCUT2D eigenvalue weighted by atomic mass is 10.00. The van der Waals surface area contributed by atoms with Gasteiger partial charge in [-0.05, 0) is 66.3 Å². The number of halogens is 1. The first kappa shape index (κ1) is 17.6. The first-order valence-electron chi connectivity index (χ1n) is 9.54. The molecule has 144 valence electrons. The van der Waals surface area contributed by atoms with E-state index in [2.05, 4.69) is 15.0 Å². The third-order valence-corrected chi connectivity index (χ3v) is 5.37. The van der Waals surface area contributed by atoms with E-state index >= 15 is 0 Å². The van der Waals surface area contributed by atoms with Crippen molar-refractivity contribution in [3.05, 3.63) is 83.2 Å². The molecule has 1 aliphatic rings. The number of pyridine rings is 2. The fourth-order valence-corrected chi connectivity index (χ4v) is 3.81. The molecule has 0 bridgehead atoms. The Morgan fingerprint density at radius 3 is 2.79 bits per heavy atom. The number of rotatable bonds is 5. The lowest BCUT2D eigenvalue weighted by Gasteiger charge is -2.06. The highest BCUT2D eigenvalue weighted by Gasteiger charge is 2.28. The van der Waals surface area contributed by atoms with E-state index < -0.39 is 5.97 Å². The van der Waals surface area contributed by atoms with Gasteiger partial charge in [0.25, 0.3) is 0 Å². The molecule has 1 saturated carbocycles. The summed E-state index contributed by atoms with van der Waals surface area (Å²) in [6.07, 6.45) is 5.89. The highest BCUT2D eigenvalue weighted by atomic mass is 19.1. The number of carbonyl (C=O) groups is 1. The van der Waals surface area contributed by atoms with Gasteiger partial charge in [-0.1, -0.05) is 6.07 Å². The van der Waals surface area contributed by atoms with Gasteiger partial charge in [-0.15, -0.1) is 0 Å². The average molecular weight is 387 g/mol. The average Bonchev–Trinajstić information content (AvgIpc) is 3.52. The number of aromatic nitrogens is 3. The van der Waals surface area contributed by atoms with Crippen molar-refractivity contribution >= 4 is 16.9 Å². The number of carboxylic acids is 1. The second kappa shape index (κ2) is 6.81. The molecule has 5 nitrogen and oxygen atoms in total. The third-order valence-electron chi connectivity index (χ3n) is 5.37. The van der Waals surface area contributed by atoms with Crippen LogP contribution < -0.4 is 0 Å². The summed E-state index contributed by atoms with van der Waals surface area (Å²) in [6.45, 7) is 0. The molecule has 1 fully saturated rings. The molecular weight excluding hydrogens is 369 g/mol. The summed E-state index contributed by atoms with van der Waals surface area (Å²) in [6, 6.07) is 12.2. The second-order valence-corrected chi connectivity index (χ2v) is 7.41. The predicted molar refractivity (Wildman–Crippen MR) is 107 cm³/mol. The van der Waals surface area contributed by atoms with Gasteiger partial charge in [-0.25, -0.2) is 14.2 Å². The van der Waals surface area contributed by atoms with Crippen LogP contribution in [-0.4, -0.2) is 26.0 Å². The first-order valence-corrected chi connectivity index (χ1v) is 9.54. The predicted octanol–water partition coefficient (Wildman–Crippen LogP) is 4.93. The van der Waals surface area contributed by atoms with Crippen LogP contribution in [0.1, 0.15) is 46.1 Å². The van der Waals surface area contributed by atoms with Gasteiger partial charge in [0.2, 0.25) is 0 Å². The molecule has 3 heterocycles. The number of aromatic amines is 1. The normalized spacial score (nSPS) is 13.7. The van der Waals surface area contributed by atoms with E-state index in [1.807, 2.05) is 18.2 Å². The summed E-state index contributed by atoms with van der Waals surface area (Å²) in [4.78, 5) is 23.2. The fourth-order valence-electron chi connectivity index (χ4n) is 3.81. The van der Waals surface area contributed by atoms with Crippen molar-refractivity contribution in [2.75, 3.05) is 0 Å². The minimum Gasteiger partial charge on any atom is -0.477 e. The summed E-state index contributed by atoms with van der Waals surface area (Å²) < 4.78 is 14.8. The molecule has 0 unspecified atom stereocenters. The van der Waals surface area contributed by atoms with E-state index in [0.717, 1.165) is 46.1 Å². The van der Waals surface area contributed by atoms with E-state index in [-0.39, 0.29) is 11.5 Å². The second-order valence-electron chi connectivity index (χ2n) is 7.41. The summed E-state index contributed by atoms with van der Waals surface area (Å²) in [5, 5.41) is 10.0. The molecule has 2 N–H and O–H groups in total. The van der Waals surface area contributed by atoms with Crippen molar-refractivity contribution in [2.24, 2.45) is 0 Å². The number of aromatic carboxylic acids is 1. The van der Waals surface area contributed by atoms with Crippen molar-refractivity contribution in [3.8, 4) is 11.3 Å². The molecule has 0 atom stereocenters. The van der Waals surface area contributed by atoms with Crippen LogP contribution in [0.15, 0.2) is 54.9 Å². The summed E-state index contributed by atoms with van der Waals surface area (Å²) in [5.41, 5.74) is 4.86.